The number of aliphatic hydroxyl groups is 1. The maximum Gasteiger partial charge on any atom is 0.363 e. The van der Waals surface area contributed by atoms with E-state index >= 15 is 0 Å². The number of carbonyl (C=O) groups excluding carboxylic acids is 3. The van der Waals surface area contributed by atoms with E-state index < -0.39 is 10.9 Å². The molecule has 0 spiro atoms. The van der Waals surface area contributed by atoms with Gasteiger partial charge in [-0.25, -0.2) is 4.79 Å². The van der Waals surface area contributed by atoms with E-state index in [9.17, 15) is 28.3 Å². The van der Waals surface area contributed by atoms with Gasteiger partial charge in [-0.05, 0) is 44.4 Å². The highest BCUT2D eigenvalue weighted by atomic mass is 79.9. The minimum atomic E-state index is -3.25. The molecule has 0 aliphatic carbocycles. The Hall–Kier alpha value is -1.34. The number of amides is 2. The van der Waals surface area contributed by atoms with Crippen LogP contribution in [0.4, 0.5) is 13.6 Å². The highest BCUT2D eigenvalue weighted by molar-refractivity contribution is 9.10. The van der Waals surface area contributed by atoms with Crippen LogP contribution in [0.25, 0.3) is 0 Å². The van der Waals surface area contributed by atoms with Gasteiger partial charge in [0.05, 0.1) is 58.3 Å². The second kappa shape index (κ2) is 28.2. The van der Waals surface area contributed by atoms with Crippen molar-refractivity contribution in [3.8, 4) is 11.8 Å². The number of carbonyl (C=O) groups is 3. The van der Waals surface area contributed by atoms with E-state index in [1.165, 1.54) is 0 Å². The average molecular weight is 798 g/mol. The van der Waals surface area contributed by atoms with Gasteiger partial charge in [0.15, 0.2) is 0 Å². The van der Waals surface area contributed by atoms with Crippen molar-refractivity contribution in [2.75, 3.05) is 58.6 Å². The summed E-state index contributed by atoms with van der Waals surface area (Å²) >= 11 is 4.04. The summed E-state index contributed by atoms with van der Waals surface area (Å²) in [5.41, 5.74) is 0. The van der Waals surface area contributed by atoms with Gasteiger partial charge in [0.2, 0.25) is 0 Å². The maximum absolute atomic E-state index is 12.6. The first-order valence-electron chi connectivity index (χ1n) is 18.4. The summed E-state index contributed by atoms with van der Waals surface area (Å²) in [5, 5.41) is 16.0. The van der Waals surface area contributed by atoms with Crippen LogP contribution in [0.1, 0.15) is 109 Å². The first-order chi connectivity index (χ1) is 24.1. The maximum atomic E-state index is 12.6. The Balaban J connectivity index is 1.22. The van der Waals surface area contributed by atoms with Crippen molar-refractivity contribution in [3.63, 3.8) is 0 Å². The van der Waals surface area contributed by atoms with Gasteiger partial charge in [0, 0.05) is 59.2 Å². The average Bonchev–Trinajstić information content (AvgIpc) is 3.63. The minimum absolute atomic E-state index is 0.0578. The number of ether oxygens (including phenoxy) is 4. The largest absolute Gasteiger partial charge is 0.380 e. The highest BCUT2D eigenvalue weighted by Crippen LogP contribution is 2.33. The second-order valence-corrected chi connectivity index (χ2v) is 15.2. The summed E-state index contributed by atoms with van der Waals surface area (Å²) in [4.78, 5) is 32.4. The first-order valence-corrected chi connectivity index (χ1v) is 20.3. The fourth-order valence-electron chi connectivity index (χ4n) is 5.84. The molecule has 14 heteroatoms. The van der Waals surface area contributed by atoms with Crippen molar-refractivity contribution in [2.24, 2.45) is 0 Å². The molecule has 10 nitrogen and oxygen atoms in total. The zero-order valence-electron chi connectivity index (χ0n) is 29.5. The van der Waals surface area contributed by atoms with Gasteiger partial charge in [-0.1, -0.05) is 50.9 Å². The Labute approximate surface area is 310 Å². The summed E-state index contributed by atoms with van der Waals surface area (Å²) in [6, 6.07) is 0.422. The molecular weight excluding hydrogens is 738 g/mol. The van der Waals surface area contributed by atoms with Gasteiger partial charge >= 0.3 is 10.9 Å². The van der Waals surface area contributed by atoms with Gasteiger partial charge in [-0.2, -0.15) is 20.5 Å². The van der Waals surface area contributed by atoms with Gasteiger partial charge in [-0.3, -0.25) is 9.59 Å². The molecule has 2 aliphatic heterocycles. The molecule has 2 amide bonds. The lowest BCUT2D eigenvalue weighted by Crippen LogP contribution is -2.36. The number of halogens is 3. The third-order valence-corrected chi connectivity index (χ3v) is 10.3. The third-order valence-electron chi connectivity index (χ3n) is 8.58. The van der Waals surface area contributed by atoms with Crippen molar-refractivity contribution in [3.05, 3.63) is 0 Å². The molecule has 2 saturated heterocycles. The molecule has 2 aliphatic rings. The number of urea groups is 1. The quantitative estimate of drug-likeness (QED) is 0.0309. The van der Waals surface area contributed by atoms with Crippen LogP contribution in [-0.2, 0) is 28.5 Å². The van der Waals surface area contributed by atoms with Gasteiger partial charge in [-0.15, -0.1) is 0 Å². The van der Waals surface area contributed by atoms with Crippen LogP contribution < -0.4 is 10.6 Å². The van der Waals surface area contributed by atoms with Crippen molar-refractivity contribution in [2.45, 2.75) is 137 Å². The Kier molecular flexibility index (Phi) is 25.3. The summed E-state index contributed by atoms with van der Waals surface area (Å²) in [6.45, 7) is 3.71. The van der Waals surface area contributed by atoms with Crippen LogP contribution in [0.5, 0.6) is 0 Å². The van der Waals surface area contributed by atoms with Crippen molar-refractivity contribution in [1.82, 2.24) is 10.6 Å². The van der Waals surface area contributed by atoms with Crippen LogP contribution in [0.2, 0.25) is 0 Å². The van der Waals surface area contributed by atoms with Crippen LogP contribution in [0.15, 0.2) is 0 Å². The van der Waals surface area contributed by atoms with Crippen LogP contribution >= 0.6 is 27.7 Å². The highest BCUT2D eigenvalue weighted by Gasteiger charge is 2.42. The van der Waals surface area contributed by atoms with Gasteiger partial charge in [0.1, 0.15) is 17.7 Å². The van der Waals surface area contributed by atoms with E-state index in [1.807, 2.05) is 11.8 Å². The number of Topliss-reactive ketones (excluding diaryl/α,β-unsaturated/α-hetero) is 2. The standard InChI is InChI=1S/C36H59BrF2N2O8S/c37-36(38,39)19-17-30(43)12-7-5-3-1-2-4-6-8-13-31(44)18-21-47-23-25-49-27-26-48-24-22-46-20-11-15-29(42)14-9-10-16-33-34-32(28-50-33)40-35(45)41-34/h30,32-34,43H,1-16,18,20-28H2,(H2,40,41,45). The van der Waals surface area contributed by atoms with Gasteiger partial charge < -0.3 is 34.7 Å². The molecule has 0 bridgehead atoms. The number of thioether (sulfide) groups is 1. The normalized spacial score (nSPS) is 19.0. The molecule has 0 radical (unpaired) electrons. The second-order valence-electron chi connectivity index (χ2n) is 12.9. The zero-order chi connectivity index (χ0) is 36.3. The number of alkyl halides is 3. The third kappa shape index (κ3) is 24.0. The molecule has 2 rings (SSSR count). The Bertz CT molecular complexity index is 1010. The lowest BCUT2D eigenvalue weighted by atomic mass is 10.0. The molecular formula is C36H59BrF2N2O8S. The number of hydrogen-bond donors (Lipinski definition) is 3. The minimum Gasteiger partial charge on any atom is -0.380 e. The number of aliphatic hydroxyl groups excluding tert-OH is 1. The summed E-state index contributed by atoms with van der Waals surface area (Å²) in [6.07, 6.45) is 13.1. The fraction of sp³-hybridized carbons (Fsp3) is 0.861. The molecule has 0 aromatic rings. The number of hydrogen-bond acceptors (Lipinski definition) is 9. The first kappa shape index (κ1) is 44.8. The lowest BCUT2D eigenvalue weighted by molar-refractivity contribution is -0.120. The predicted octanol–water partition coefficient (Wildman–Crippen LogP) is 6.34. The SMILES string of the molecule is O=C(CCCCC1SCC2NC(=O)NC21)CCCOCCOCCOCCOCCC(=O)CCCCCCCCCCC(O)C#CC(F)(F)Br. The number of unbranched alkanes of at least 4 members (excludes halogenated alkanes) is 8. The molecule has 50 heavy (non-hydrogen) atoms. The van der Waals surface area contributed by atoms with E-state index in [1.54, 1.807) is 5.92 Å². The Morgan fingerprint density at radius 1 is 0.760 bits per heavy atom. The smallest absolute Gasteiger partial charge is 0.363 e. The Morgan fingerprint density at radius 2 is 1.28 bits per heavy atom. The zero-order valence-corrected chi connectivity index (χ0v) is 31.9. The van der Waals surface area contributed by atoms with Crippen LogP contribution in [0.3, 0.4) is 0 Å². The van der Waals surface area contributed by atoms with Crippen LogP contribution in [0, 0.1) is 11.8 Å². The Morgan fingerprint density at radius 3 is 1.92 bits per heavy atom. The molecule has 288 valence electrons. The van der Waals surface area contributed by atoms with Crippen molar-refractivity contribution < 1.29 is 47.2 Å². The number of nitrogens with one attached hydrogen (secondary N) is 2. The molecule has 4 atom stereocenters. The lowest BCUT2D eigenvalue weighted by Gasteiger charge is -2.16. The number of fused-ring (bicyclic) bond motifs is 1. The van der Waals surface area contributed by atoms with Crippen molar-refractivity contribution in [1.29, 1.82) is 0 Å². The van der Waals surface area contributed by atoms with E-state index in [0.29, 0.717) is 90.2 Å². The predicted molar refractivity (Wildman–Crippen MR) is 195 cm³/mol. The summed E-state index contributed by atoms with van der Waals surface area (Å²) in [7, 11) is 0. The molecule has 3 N–H and O–H groups in total. The van der Waals surface area contributed by atoms with Gasteiger partial charge in [0.25, 0.3) is 0 Å². The molecule has 0 aromatic heterocycles. The molecule has 0 aromatic carbocycles. The van der Waals surface area contributed by atoms with Crippen molar-refractivity contribution >= 4 is 45.3 Å². The molecule has 2 fully saturated rings. The topological polar surface area (TPSA) is 132 Å². The summed E-state index contributed by atoms with van der Waals surface area (Å²) < 4.78 is 47.2. The monoisotopic (exact) mass is 796 g/mol. The van der Waals surface area contributed by atoms with E-state index in [0.717, 1.165) is 82.8 Å². The molecule has 2 heterocycles. The fourth-order valence-corrected chi connectivity index (χ4v) is 7.50. The molecule has 4 unspecified atom stereocenters. The number of rotatable bonds is 32. The van der Waals surface area contributed by atoms with E-state index in [4.69, 9.17) is 18.9 Å². The number of ketones is 2. The van der Waals surface area contributed by atoms with E-state index in [-0.39, 0.29) is 29.7 Å². The van der Waals surface area contributed by atoms with Crippen LogP contribution in [-0.4, -0.2) is 110 Å². The molecule has 0 saturated carbocycles. The summed E-state index contributed by atoms with van der Waals surface area (Å²) in [5.74, 6) is 5.30. The van der Waals surface area contributed by atoms with E-state index in [2.05, 4.69) is 32.5 Å².